The first-order chi connectivity index (χ1) is 9.24. The van der Waals surface area contributed by atoms with Gasteiger partial charge < -0.3 is 15.0 Å². The molecule has 1 fully saturated rings. The van der Waals surface area contributed by atoms with Crippen LogP contribution in [0.2, 0.25) is 5.02 Å². The van der Waals surface area contributed by atoms with Crippen molar-refractivity contribution in [2.45, 2.75) is 32.4 Å². The summed E-state index contributed by atoms with van der Waals surface area (Å²) in [5, 5.41) is 3.97. The third-order valence-corrected chi connectivity index (χ3v) is 3.90. The fourth-order valence-corrected chi connectivity index (χ4v) is 2.85. The van der Waals surface area contributed by atoms with E-state index >= 15 is 0 Å². The summed E-state index contributed by atoms with van der Waals surface area (Å²) >= 11 is 6.33. The van der Waals surface area contributed by atoms with Gasteiger partial charge in [0, 0.05) is 37.0 Å². The first kappa shape index (κ1) is 14.6. The van der Waals surface area contributed by atoms with Crippen LogP contribution < -0.4 is 10.2 Å². The average Bonchev–Trinajstić information content (AvgIpc) is 2.42. The molecule has 1 N–H and O–H groups in total. The molecule has 1 atom stereocenters. The zero-order valence-corrected chi connectivity index (χ0v) is 12.5. The topological polar surface area (TPSA) is 24.5 Å². The Morgan fingerprint density at radius 2 is 2.32 bits per heavy atom. The number of halogens is 1. The minimum atomic E-state index is 0.356. The van der Waals surface area contributed by atoms with E-state index in [1.54, 1.807) is 0 Å². The summed E-state index contributed by atoms with van der Waals surface area (Å²) in [5.41, 5.74) is 2.35. The van der Waals surface area contributed by atoms with Crippen molar-refractivity contribution in [2.24, 2.45) is 0 Å². The van der Waals surface area contributed by atoms with Gasteiger partial charge in [-0.3, -0.25) is 0 Å². The van der Waals surface area contributed by atoms with E-state index in [2.05, 4.69) is 35.3 Å². The van der Waals surface area contributed by atoms with Crippen LogP contribution >= 0.6 is 11.6 Å². The van der Waals surface area contributed by atoms with Crippen LogP contribution in [0.1, 0.15) is 25.3 Å². The molecule has 1 saturated heterocycles. The molecule has 0 aliphatic carbocycles. The van der Waals surface area contributed by atoms with Crippen LogP contribution in [0, 0.1) is 0 Å². The number of anilines is 1. The summed E-state index contributed by atoms with van der Waals surface area (Å²) in [5.74, 6) is 0. The molecular formula is C15H23ClN2O. The van der Waals surface area contributed by atoms with Crippen molar-refractivity contribution >= 4 is 17.3 Å². The first-order valence-corrected chi connectivity index (χ1v) is 7.42. The molecule has 0 spiro atoms. The van der Waals surface area contributed by atoms with Crippen molar-refractivity contribution in [2.75, 3.05) is 31.6 Å². The lowest BCUT2D eigenvalue weighted by molar-refractivity contribution is 0.0527. The average molecular weight is 283 g/mol. The number of hydrogen-bond acceptors (Lipinski definition) is 3. The van der Waals surface area contributed by atoms with Crippen molar-refractivity contribution in [3.63, 3.8) is 0 Å². The molecule has 106 valence electrons. The minimum absolute atomic E-state index is 0.356. The van der Waals surface area contributed by atoms with Crippen molar-refractivity contribution in [1.82, 2.24) is 5.32 Å². The standard InChI is InChI=1S/C15H23ClN2O/c1-3-19-14-5-4-8-18(11-14)13-7-6-12(10-17-2)15(16)9-13/h6-7,9,14,17H,3-5,8,10-11H2,1-2H3. The highest BCUT2D eigenvalue weighted by Gasteiger charge is 2.20. The summed E-state index contributed by atoms with van der Waals surface area (Å²) in [6, 6.07) is 6.34. The molecule has 1 unspecified atom stereocenters. The van der Waals surface area contributed by atoms with E-state index in [9.17, 15) is 0 Å². The van der Waals surface area contributed by atoms with Crippen LogP contribution in [0.3, 0.4) is 0 Å². The minimum Gasteiger partial charge on any atom is -0.377 e. The maximum atomic E-state index is 6.33. The largest absolute Gasteiger partial charge is 0.377 e. The zero-order valence-electron chi connectivity index (χ0n) is 11.8. The second-order valence-electron chi connectivity index (χ2n) is 4.97. The van der Waals surface area contributed by atoms with Crippen LogP contribution in [0.15, 0.2) is 18.2 Å². The molecule has 3 nitrogen and oxygen atoms in total. The summed E-state index contributed by atoms with van der Waals surface area (Å²) < 4.78 is 5.74. The highest BCUT2D eigenvalue weighted by Crippen LogP contribution is 2.26. The van der Waals surface area contributed by atoms with E-state index in [1.165, 1.54) is 12.1 Å². The molecular weight excluding hydrogens is 260 g/mol. The number of nitrogens with zero attached hydrogens (tertiary/aromatic N) is 1. The highest BCUT2D eigenvalue weighted by atomic mass is 35.5. The molecule has 19 heavy (non-hydrogen) atoms. The van der Waals surface area contributed by atoms with Crippen molar-refractivity contribution in [3.05, 3.63) is 28.8 Å². The molecule has 0 amide bonds. The molecule has 1 heterocycles. The Bertz CT molecular complexity index is 409. The summed E-state index contributed by atoms with van der Waals surface area (Å²) in [4.78, 5) is 2.37. The molecule has 4 heteroatoms. The Morgan fingerprint density at radius 3 is 3.00 bits per heavy atom. The second-order valence-corrected chi connectivity index (χ2v) is 5.38. The van der Waals surface area contributed by atoms with E-state index in [0.29, 0.717) is 6.10 Å². The summed E-state index contributed by atoms with van der Waals surface area (Å²) in [6.07, 6.45) is 2.70. The first-order valence-electron chi connectivity index (χ1n) is 7.04. The number of hydrogen-bond donors (Lipinski definition) is 1. The molecule has 1 aromatic rings. The zero-order chi connectivity index (χ0) is 13.7. The predicted octanol–water partition coefficient (Wildman–Crippen LogP) is 3.06. The van der Waals surface area contributed by atoms with Gasteiger partial charge in [0.2, 0.25) is 0 Å². The Balaban J connectivity index is 2.06. The fourth-order valence-electron chi connectivity index (χ4n) is 2.61. The Morgan fingerprint density at radius 1 is 1.47 bits per heavy atom. The summed E-state index contributed by atoms with van der Waals surface area (Å²) in [6.45, 7) is 5.71. The van der Waals surface area contributed by atoms with Gasteiger partial charge in [0.25, 0.3) is 0 Å². The molecule has 0 aromatic heterocycles. The van der Waals surface area contributed by atoms with Gasteiger partial charge in [0.15, 0.2) is 0 Å². The highest BCUT2D eigenvalue weighted by molar-refractivity contribution is 6.31. The maximum absolute atomic E-state index is 6.33. The lowest BCUT2D eigenvalue weighted by Gasteiger charge is -2.34. The second kappa shape index (κ2) is 7.13. The maximum Gasteiger partial charge on any atom is 0.0750 e. The van der Waals surface area contributed by atoms with Gasteiger partial charge >= 0.3 is 0 Å². The fraction of sp³-hybridized carbons (Fsp3) is 0.600. The van der Waals surface area contributed by atoms with Crippen molar-refractivity contribution in [1.29, 1.82) is 0 Å². The van der Waals surface area contributed by atoms with Crippen LogP contribution in [0.5, 0.6) is 0 Å². The van der Waals surface area contributed by atoms with Crippen LogP contribution in [0.4, 0.5) is 5.69 Å². The van der Waals surface area contributed by atoms with Gasteiger partial charge in [-0.2, -0.15) is 0 Å². The number of rotatable bonds is 5. The van der Waals surface area contributed by atoms with E-state index in [1.807, 2.05) is 7.05 Å². The van der Waals surface area contributed by atoms with Crippen LogP contribution in [-0.4, -0.2) is 32.8 Å². The smallest absolute Gasteiger partial charge is 0.0750 e. The quantitative estimate of drug-likeness (QED) is 0.898. The number of benzene rings is 1. The Kier molecular flexibility index (Phi) is 5.49. The van der Waals surface area contributed by atoms with Gasteiger partial charge in [-0.05, 0) is 44.5 Å². The molecule has 0 saturated carbocycles. The van der Waals surface area contributed by atoms with Gasteiger partial charge in [-0.25, -0.2) is 0 Å². The van der Waals surface area contributed by atoms with Crippen LogP contribution in [0.25, 0.3) is 0 Å². The molecule has 1 aliphatic heterocycles. The molecule has 1 aromatic carbocycles. The van der Waals surface area contributed by atoms with Crippen molar-refractivity contribution in [3.8, 4) is 0 Å². The van der Waals surface area contributed by atoms with Crippen molar-refractivity contribution < 1.29 is 4.74 Å². The lowest BCUT2D eigenvalue weighted by Crippen LogP contribution is -2.39. The van der Waals surface area contributed by atoms with Gasteiger partial charge in [0.05, 0.1) is 6.10 Å². The Labute approximate surface area is 120 Å². The summed E-state index contributed by atoms with van der Waals surface area (Å²) in [7, 11) is 1.93. The van der Waals surface area contributed by atoms with Gasteiger partial charge in [-0.15, -0.1) is 0 Å². The molecule has 0 bridgehead atoms. The molecule has 1 aliphatic rings. The van der Waals surface area contributed by atoms with Crippen LogP contribution in [-0.2, 0) is 11.3 Å². The monoisotopic (exact) mass is 282 g/mol. The SMILES string of the molecule is CCOC1CCCN(c2ccc(CNC)c(Cl)c2)C1. The number of ether oxygens (including phenoxy) is 1. The number of piperidine rings is 1. The van der Waals surface area contributed by atoms with Gasteiger partial charge in [0.1, 0.15) is 0 Å². The third kappa shape index (κ3) is 3.85. The predicted molar refractivity (Wildman–Crippen MR) is 81.1 cm³/mol. The Hall–Kier alpha value is -0.770. The van der Waals surface area contributed by atoms with E-state index in [-0.39, 0.29) is 0 Å². The van der Waals surface area contributed by atoms with E-state index < -0.39 is 0 Å². The molecule has 0 radical (unpaired) electrons. The van der Waals surface area contributed by atoms with E-state index in [0.717, 1.165) is 43.2 Å². The third-order valence-electron chi connectivity index (χ3n) is 3.55. The number of nitrogens with one attached hydrogen (secondary N) is 1. The van der Waals surface area contributed by atoms with E-state index in [4.69, 9.17) is 16.3 Å². The normalized spacial score (nSPS) is 19.7. The van der Waals surface area contributed by atoms with Gasteiger partial charge in [-0.1, -0.05) is 17.7 Å². The lowest BCUT2D eigenvalue weighted by atomic mass is 10.1. The molecule has 2 rings (SSSR count).